The van der Waals surface area contributed by atoms with E-state index in [4.69, 9.17) is 0 Å². The fourth-order valence-corrected chi connectivity index (χ4v) is 3.51. The van der Waals surface area contributed by atoms with Crippen LogP contribution in [0.2, 0.25) is 0 Å². The Kier molecular flexibility index (Phi) is 4.64. The van der Waals surface area contributed by atoms with Crippen molar-refractivity contribution in [1.82, 2.24) is 4.98 Å². The van der Waals surface area contributed by atoms with E-state index in [0.717, 1.165) is 31.5 Å². The maximum Gasteiger partial charge on any atom is 0.197 e. The molecule has 0 amide bonds. The molecule has 2 atom stereocenters. The molecule has 1 aliphatic heterocycles. The summed E-state index contributed by atoms with van der Waals surface area (Å²) in [7, 11) is 0. The molecule has 0 radical (unpaired) electrons. The van der Waals surface area contributed by atoms with Crippen LogP contribution in [0.15, 0.2) is 35.7 Å². The molecule has 0 saturated heterocycles. The van der Waals surface area contributed by atoms with Gasteiger partial charge in [-0.05, 0) is 18.9 Å². The molecule has 2 aliphatic rings. The van der Waals surface area contributed by atoms with Gasteiger partial charge in [-0.1, -0.05) is 25.3 Å². The highest BCUT2D eigenvalue weighted by Gasteiger charge is 2.51. The Morgan fingerprint density at radius 3 is 2.71 bits per heavy atom. The van der Waals surface area contributed by atoms with E-state index in [1.54, 1.807) is 0 Å². The Morgan fingerprint density at radius 1 is 1.29 bits per heavy atom. The summed E-state index contributed by atoms with van der Waals surface area (Å²) >= 11 is 0. The average Bonchev–Trinajstić information content (AvgIpc) is 2.62. The number of Topliss-reactive ketones (excluding diaryl/α,β-unsaturated/α-hetero) is 1. The van der Waals surface area contributed by atoms with Crippen molar-refractivity contribution in [2.75, 3.05) is 0 Å². The van der Waals surface area contributed by atoms with E-state index in [-0.39, 0.29) is 17.2 Å². The molecule has 1 aliphatic carbocycles. The molecule has 1 aromatic rings. The molecule has 6 heteroatoms. The molecule has 2 unspecified atom stereocenters. The number of hydrogen-bond acceptors (Lipinski definition) is 4. The zero-order valence-electron chi connectivity index (χ0n) is 13.1. The molecule has 1 fully saturated rings. The molecular formula is C18H18F2N2O2. The molecule has 2 heterocycles. The van der Waals surface area contributed by atoms with Gasteiger partial charge in [-0.25, -0.2) is 8.78 Å². The Hall–Kier alpha value is -2.24. The van der Waals surface area contributed by atoms with Gasteiger partial charge < -0.3 is 4.79 Å². The number of carbonyl (C=O) groups excluding carboxylic acids is 2. The lowest BCUT2D eigenvalue weighted by molar-refractivity contribution is -0.118. The number of rotatable bonds is 4. The minimum atomic E-state index is -2.60. The van der Waals surface area contributed by atoms with Crippen molar-refractivity contribution in [2.24, 2.45) is 16.8 Å². The molecule has 24 heavy (non-hydrogen) atoms. The van der Waals surface area contributed by atoms with Crippen LogP contribution >= 0.6 is 0 Å². The van der Waals surface area contributed by atoms with Gasteiger partial charge in [0.05, 0.1) is 12.1 Å². The number of aliphatic imine (C=N–C) groups is 1. The van der Waals surface area contributed by atoms with Gasteiger partial charge in [-0.3, -0.25) is 14.8 Å². The van der Waals surface area contributed by atoms with Crippen molar-refractivity contribution in [1.29, 1.82) is 0 Å². The Bertz CT molecular complexity index is 711. The molecule has 0 bridgehead atoms. The third-order valence-corrected chi connectivity index (χ3v) is 4.82. The van der Waals surface area contributed by atoms with Gasteiger partial charge in [-0.2, -0.15) is 0 Å². The fraction of sp³-hybridized carbons (Fsp3) is 0.444. The first kappa shape index (κ1) is 16.6. The monoisotopic (exact) mass is 332 g/mol. The first-order valence-electron chi connectivity index (χ1n) is 8.12. The van der Waals surface area contributed by atoms with Crippen molar-refractivity contribution < 1.29 is 18.4 Å². The number of ketones is 1. The molecule has 0 N–H and O–H groups in total. The second kappa shape index (κ2) is 6.71. The number of aromatic nitrogens is 1. The number of allylic oxidation sites excluding steroid dienone is 1. The zero-order chi connectivity index (χ0) is 17.2. The minimum absolute atomic E-state index is 0.323. The number of pyridine rings is 1. The molecular weight excluding hydrogens is 314 g/mol. The summed E-state index contributed by atoms with van der Waals surface area (Å²) in [5.41, 5.74) is -3.35. The summed E-state index contributed by atoms with van der Waals surface area (Å²) in [6, 6.07) is 1.16. The van der Waals surface area contributed by atoms with Crippen LogP contribution in [-0.2, 0) is 15.3 Å². The number of alkyl halides is 1. The lowest BCUT2D eigenvalue weighted by Crippen LogP contribution is -2.47. The second-order valence-electron chi connectivity index (χ2n) is 6.25. The van der Waals surface area contributed by atoms with Gasteiger partial charge >= 0.3 is 0 Å². The van der Waals surface area contributed by atoms with Crippen LogP contribution in [0, 0.1) is 17.7 Å². The highest BCUT2D eigenvalue weighted by atomic mass is 19.1. The highest BCUT2D eigenvalue weighted by molar-refractivity contribution is 6.44. The first-order valence-corrected chi connectivity index (χ1v) is 8.12. The molecule has 126 valence electrons. The van der Waals surface area contributed by atoms with Crippen LogP contribution in [-0.4, -0.2) is 22.8 Å². The lowest BCUT2D eigenvalue weighted by atomic mass is 9.73. The van der Waals surface area contributed by atoms with Crippen LogP contribution < -0.4 is 0 Å². The SMILES string of the molecule is O=CC1C=CN=C(C(=O)C2CCCCC2)C1(F)c1ccncc1F. The van der Waals surface area contributed by atoms with Crippen molar-refractivity contribution in [2.45, 2.75) is 37.8 Å². The van der Waals surface area contributed by atoms with E-state index in [9.17, 15) is 14.0 Å². The predicted octanol–water partition coefficient (Wildman–Crippen LogP) is 3.32. The fourth-order valence-electron chi connectivity index (χ4n) is 3.51. The van der Waals surface area contributed by atoms with E-state index in [0.29, 0.717) is 19.1 Å². The highest BCUT2D eigenvalue weighted by Crippen LogP contribution is 2.41. The van der Waals surface area contributed by atoms with Gasteiger partial charge in [0.25, 0.3) is 0 Å². The van der Waals surface area contributed by atoms with Gasteiger partial charge in [0.15, 0.2) is 11.5 Å². The van der Waals surface area contributed by atoms with Crippen LogP contribution in [0.4, 0.5) is 8.78 Å². The Labute approximate surface area is 138 Å². The quantitative estimate of drug-likeness (QED) is 0.795. The van der Waals surface area contributed by atoms with Crippen molar-refractivity contribution in [3.05, 3.63) is 42.1 Å². The van der Waals surface area contributed by atoms with E-state index in [2.05, 4.69) is 9.98 Å². The summed E-state index contributed by atoms with van der Waals surface area (Å²) in [4.78, 5) is 31.8. The van der Waals surface area contributed by atoms with Crippen molar-refractivity contribution >= 4 is 17.8 Å². The Balaban J connectivity index is 2.06. The summed E-state index contributed by atoms with van der Waals surface area (Å²) in [5, 5.41) is 0. The summed E-state index contributed by atoms with van der Waals surface area (Å²) in [6.07, 6.45) is 9.20. The van der Waals surface area contributed by atoms with Crippen LogP contribution in [0.1, 0.15) is 37.7 Å². The predicted molar refractivity (Wildman–Crippen MR) is 84.7 cm³/mol. The van der Waals surface area contributed by atoms with E-state index < -0.39 is 23.2 Å². The van der Waals surface area contributed by atoms with Crippen molar-refractivity contribution in [3.8, 4) is 0 Å². The maximum absolute atomic E-state index is 16.0. The number of carbonyl (C=O) groups is 2. The number of hydrogen-bond donors (Lipinski definition) is 0. The lowest BCUT2D eigenvalue weighted by Gasteiger charge is -2.34. The standard InChI is InChI=1S/C18H18F2N2O2/c19-15-10-21-8-7-14(15)18(20)13(11-23)6-9-22-17(18)16(24)12-4-2-1-3-5-12/h6-13H,1-5H2. The third kappa shape index (κ3) is 2.70. The minimum Gasteiger partial charge on any atom is -0.303 e. The van der Waals surface area contributed by atoms with Gasteiger partial charge in [0, 0.05) is 23.9 Å². The second-order valence-corrected chi connectivity index (χ2v) is 6.25. The largest absolute Gasteiger partial charge is 0.303 e. The summed E-state index contributed by atoms with van der Waals surface area (Å²) < 4.78 is 30.2. The third-order valence-electron chi connectivity index (χ3n) is 4.82. The van der Waals surface area contributed by atoms with E-state index in [1.807, 2.05) is 0 Å². The van der Waals surface area contributed by atoms with Crippen molar-refractivity contribution in [3.63, 3.8) is 0 Å². The zero-order valence-corrected chi connectivity index (χ0v) is 13.1. The maximum atomic E-state index is 16.0. The molecule has 3 rings (SSSR count). The molecule has 0 aromatic carbocycles. The molecule has 0 spiro atoms. The molecule has 1 aromatic heterocycles. The number of aldehydes is 1. The molecule has 1 saturated carbocycles. The Morgan fingerprint density at radius 2 is 2.04 bits per heavy atom. The smallest absolute Gasteiger partial charge is 0.197 e. The van der Waals surface area contributed by atoms with Gasteiger partial charge in [0.1, 0.15) is 17.8 Å². The van der Waals surface area contributed by atoms with Crippen LogP contribution in [0.3, 0.4) is 0 Å². The van der Waals surface area contributed by atoms with E-state index in [1.165, 1.54) is 18.5 Å². The normalized spacial score (nSPS) is 27.6. The van der Waals surface area contributed by atoms with Gasteiger partial charge in [0.2, 0.25) is 0 Å². The van der Waals surface area contributed by atoms with Crippen LogP contribution in [0.25, 0.3) is 0 Å². The van der Waals surface area contributed by atoms with Crippen LogP contribution in [0.5, 0.6) is 0 Å². The molecule has 4 nitrogen and oxygen atoms in total. The number of nitrogens with zero attached hydrogens (tertiary/aromatic N) is 2. The summed E-state index contributed by atoms with van der Waals surface area (Å²) in [6.45, 7) is 0. The summed E-state index contributed by atoms with van der Waals surface area (Å²) in [5.74, 6) is -2.94. The van der Waals surface area contributed by atoms with E-state index >= 15 is 4.39 Å². The van der Waals surface area contributed by atoms with Gasteiger partial charge in [-0.15, -0.1) is 0 Å². The first-order chi connectivity index (χ1) is 11.6. The topological polar surface area (TPSA) is 59.4 Å². The average molecular weight is 332 g/mol. The number of halogens is 2.